The molecule has 13 heteroatoms. The van der Waals surface area contributed by atoms with Gasteiger partial charge in [0, 0.05) is 13.6 Å². The predicted octanol–water partition coefficient (Wildman–Crippen LogP) is 2.31. The van der Waals surface area contributed by atoms with E-state index in [2.05, 4.69) is 0 Å². The largest absolute Gasteiger partial charge is 0.490 e. The van der Waals surface area contributed by atoms with E-state index in [1.165, 1.54) is 24.9 Å². The van der Waals surface area contributed by atoms with Crippen LogP contribution < -0.4 is 10.5 Å². The van der Waals surface area contributed by atoms with Gasteiger partial charge in [0.1, 0.15) is 12.6 Å². The Morgan fingerprint density at radius 1 is 1.23 bits per heavy atom. The fraction of sp³-hybridized carbons (Fsp3) is 0.615. The van der Waals surface area contributed by atoms with Gasteiger partial charge in [-0.15, -0.1) is 0 Å². The Hall–Kier alpha value is -3.22. The average molecular weight is 568 g/mol. The summed E-state index contributed by atoms with van der Waals surface area (Å²) in [6.07, 6.45) is 3.53. The molecule has 11 nitrogen and oxygen atoms in total. The molecule has 2 atom stereocenters. The first-order chi connectivity index (χ1) is 18.3. The summed E-state index contributed by atoms with van der Waals surface area (Å²) in [4.78, 5) is 40.5. The summed E-state index contributed by atoms with van der Waals surface area (Å²) in [6, 6.07) is 2.79. The number of sulfone groups is 1. The van der Waals surface area contributed by atoms with Crippen LogP contribution in [0.2, 0.25) is 0 Å². The molecule has 1 aliphatic carbocycles. The minimum absolute atomic E-state index is 0.0318. The molecule has 0 radical (unpaired) electrons. The molecule has 1 aliphatic heterocycles. The smallest absolute Gasteiger partial charge is 0.334 e. The van der Waals surface area contributed by atoms with Gasteiger partial charge in [0.2, 0.25) is 0 Å². The molecule has 4 amide bonds. The standard InChI is InChI=1S/C26H38FN5O6S/c1-17(20-9-10-21(27)22(13-20)38-15-19-7-8-19)16-39(36,37)12-6-4-5-11-31-14-23(33)32(26(31)35)24(34)18(2)30(3)25(28)29/h9-10,13,17-19H,4-8,11-12,14-16H2,1-3H3,(H3,28,29)/t17-,18+/m0/s1. The molecule has 0 spiro atoms. The lowest BCUT2D eigenvalue weighted by molar-refractivity contribution is -0.140. The highest BCUT2D eigenvalue weighted by Gasteiger charge is 2.42. The van der Waals surface area contributed by atoms with Crippen LogP contribution in [0.15, 0.2) is 18.2 Å². The number of ether oxygens (including phenoxy) is 1. The number of halogens is 1. The monoisotopic (exact) mass is 567 g/mol. The van der Waals surface area contributed by atoms with Crippen molar-refractivity contribution >= 4 is 33.6 Å². The normalized spacial score (nSPS) is 17.3. The van der Waals surface area contributed by atoms with Crippen LogP contribution in [0, 0.1) is 17.1 Å². The van der Waals surface area contributed by atoms with Gasteiger partial charge in [-0.1, -0.05) is 19.4 Å². The van der Waals surface area contributed by atoms with Crippen LogP contribution in [0.25, 0.3) is 0 Å². The Balaban J connectivity index is 1.42. The van der Waals surface area contributed by atoms with Crippen molar-refractivity contribution in [3.8, 4) is 5.75 Å². The van der Waals surface area contributed by atoms with Gasteiger partial charge in [-0.25, -0.2) is 17.6 Å². The third-order valence-corrected chi connectivity index (χ3v) is 9.08. The van der Waals surface area contributed by atoms with Gasteiger partial charge in [0.05, 0.1) is 18.1 Å². The van der Waals surface area contributed by atoms with E-state index in [4.69, 9.17) is 15.9 Å². The molecule has 3 N–H and O–H groups in total. The third kappa shape index (κ3) is 8.13. The molecular weight excluding hydrogens is 529 g/mol. The summed E-state index contributed by atoms with van der Waals surface area (Å²) >= 11 is 0. The van der Waals surface area contributed by atoms with Gasteiger partial charge >= 0.3 is 6.03 Å². The quantitative estimate of drug-likeness (QED) is 0.150. The summed E-state index contributed by atoms with van der Waals surface area (Å²) < 4.78 is 45.0. The molecule has 216 valence electrons. The number of benzene rings is 1. The van der Waals surface area contributed by atoms with Crippen LogP contribution >= 0.6 is 0 Å². The van der Waals surface area contributed by atoms with E-state index >= 15 is 0 Å². The number of hydrogen-bond donors (Lipinski definition) is 2. The van der Waals surface area contributed by atoms with E-state index in [1.807, 2.05) is 0 Å². The summed E-state index contributed by atoms with van der Waals surface area (Å²) in [7, 11) is -1.97. The van der Waals surface area contributed by atoms with E-state index in [9.17, 15) is 27.2 Å². The molecular formula is C26H38FN5O6S. The number of guanidine groups is 1. The van der Waals surface area contributed by atoms with Gasteiger partial charge in [0.25, 0.3) is 11.8 Å². The number of unbranched alkanes of at least 4 members (excludes halogenated alkanes) is 2. The molecule has 0 unspecified atom stereocenters. The van der Waals surface area contributed by atoms with Crippen molar-refractivity contribution in [3.63, 3.8) is 0 Å². The molecule has 1 saturated heterocycles. The Labute approximate surface area is 228 Å². The number of likely N-dealkylation sites (N-methyl/N-ethyl adjacent to an activating group) is 1. The first-order valence-electron chi connectivity index (χ1n) is 13.2. The number of nitrogens with two attached hydrogens (primary N) is 1. The van der Waals surface area contributed by atoms with Crippen LogP contribution in [0.5, 0.6) is 5.75 Å². The van der Waals surface area contributed by atoms with E-state index in [0.29, 0.717) is 42.3 Å². The maximum atomic E-state index is 14.1. The third-order valence-electron chi connectivity index (χ3n) is 7.16. The van der Waals surface area contributed by atoms with Crippen molar-refractivity contribution in [1.29, 1.82) is 5.41 Å². The Morgan fingerprint density at radius 3 is 2.56 bits per heavy atom. The zero-order valence-corrected chi connectivity index (χ0v) is 23.5. The van der Waals surface area contributed by atoms with Crippen molar-refractivity contribution in [2.45, 2.75) is 57.9 Å². The lowest BCUT2D eigenvalue weighted by Crippen LogP contribution is -2.51. The molecule has 2 fully saturated rings. The Kier molecular flexibility index (Phi) is 9.92. The highest BCUT2D eigenvalue weighted by atomic mass is 32.2. The highest BCUT2D eigenvalue weighted by molar-refractivity contribution is 7.91. The van der Waals surface area contributed by atoms with E-state index in [-0.39, 0.29) is 42.2 Å². The molecule has 1 saturated carbocycles. The first-order valence-corrected chi connectivity index (χ1v) is 15.0. The average Bonchev–Trinajstić information content (AvgIpc) is 3.65. The number of imide groups is 3. The second-order valence-corrected chi connectivity index (χ2v) is 12.7. The number of carbonyl (C=O) groups excluding carboxylic acids is 3. The topological polar surface area (TPSA) is 154 Å². The maximum absolute atomic E-state index is 14.1. The summed E-state index contributed by atoms with van der Waals surface area (Å²) in [5, 5.41) is 7.43. The van der Waals surface area contributed by atoms with Gasteiger partial charge in [-0.05, 0) is 62.1 Å². The van der Waals surface area contributed by atoms with Crippen molar-refractivity contribution in [1.82, 2.24) is 14.7 Å². The molecule has 1 aromatic carbocycles. The van der Waals surface area contributed by atoms with Crippen molar-refractivity contribution in [2.75, 3.05) is 38.2 Å². The summed E-state index contributed by atoms with van der Waals surface area (Å²) in [6.45, 7) is 3.68. The fourth-order valence-electron chi connectivity index (χ4n) is 4.29. The summed E-state index contributed by atoms with van der Waals surface area (Å²) in [5.74, 6) is -2.05. The Morgan fingerprint density at radius 2 is 1.92 bits per heavy atom. The first kappa shape index (κ1) is 30.3. The second kappa shape index (κ2) is 12.8. The van der Waals surface area contributed by atoms with Gasteiger partial charge in [-0.3, -0.25) is 15.0 Å². The molecule has 3 rings (SSSR count). The number of amides is 4. The lowest BCUT2D eigenvalue weighted by atomic mass is 10.0. The van der Waals surface area contributed by atoms with Gasteiger partial charge in [0.15, 0.2) is 27.4 Å². The number of nitrogens with zero attached hydrogens (tertiary/aromatic N) is 3. The second-order valence-electron chi connectivity index (χ2n) is 10.5. The Bertz CT molecular complexity index is 1210. The fourth-order valence-corrected chi connectivity index (χ4v) is 6.06. The number of nitrogens with one attached hydrogen (secondary N) is 1. The van der Waals surface area contributed by atoms with Crippen molar-refractivity contribution in [2.24, 2.45) is 11.7 Å². The van der Waals surface area contributed by atoms with Crippen LogP contribution in [0.4, 0.5) is 9.18 Å². The summed E-state index contributed by atoms with van der Waals surface area (Å²) in [5.41, 5.74) is 6.08. The molecule has 1 heterocycles. The van der Waals surface area contributed by atoms with Gasteiger partial charge < -0.3 is 20.3 Å². The van der Waals surface area contributed by atoms with Crippen LogP contribution in [-0.4, -0.2) is 91.2 Å². The molecule has 2 aliphatic rings. The SMILES string of the molecule is C[C@H](C(=O)N1C(=O)CN(CCCCCS(=O)(=O)C[C@H](C)c2ccc(F)c(OCC3CC3)c2)C1=O)N(C)C(=N)N. The van der Waals surface area contributed by atoms with Crippen LogP contribution in [-0.2, 0) is 19.4 Å². The highest BCUT2D eigenvalue weighted by Crippen LogP contribution is 2.31. The number of carbonyl (C=O) groups is 3. The number of hydrogen-bond acceptors (Lipinski definition) is 7. The van der Waals surface area contributed by atoms with Crippen LogP contribution in [0.1, 0.15) is 57.4 Å². The number of rotatable bonds is 14. The molecule has 39 heavy (non-hydrogen) atoms. The zero-order chi connectivity index (χ0) is 28.9. The molecule has 0 aromatic heterocycles. The minimum Gasteiger partial charge on any atom is -0.490 e. The maximum Gasteiger partial charge on any atom is 0.334 e. The van der Waals surface area contributed by atoms with Crippen LogP contribution in [0.3, 0.4) is 0 Å². The van der Waals surface area contributed by atoms with Crippen molar-refractivity contribution in [3.05, 3.63) is 29.6 Å². The zero-order valence-electron chi connectivity index (χ0n) is 22.7. The predicted molar refractivity (Wildman–Crippen MR) is 143 cm³/mol. The van der Waals surface area contributed by atoms with E-state index in [0.717, 1.165) is 17.7 Å². The van der Waals surface area contributed by atoms with Crippen molar-refractivity contribution < 1.29 is 31.9 Å². The van der Waals surface area contributed by atoms with Gasteiger partial charge in [-0.2, -0.15) is 4.90 Å². The molecule has 1 aromatic rings. The lowest BCUT2D eigenvalue weighted by Gasteiger charge is -2.26. The number of urea groups is 1. The van der Waals surface area contributed by atoms with E-state index in [1.54, 1.807) is 19.1 Å². The molecule has 0 bridgehead atoms. The minimum atomic E-state index is -3.39. The van der Waals surface area contributed by atoms with E-state index < -0.39 is 39.5 Å².